The largest absolute Gasteiger partial charge is 0.295 e. The van der Waals surface area contributed by atoms with Crippen LogP contribution in [0, 0.1) is 27.7 Å². The molecule has 0 saturated carbocycles. The van der Waals surface area contributed by atoms with E-state index in [1.54, 1.807) is 45.1 Å². The monoisotopic (exact) mass is 473 g/mol. The zero-order chi connectivity index (χ0) is 27.0. The number of hydrogen-bond donors (Lipinski definition) is 0. The number of nitrogens with zero attached hydrogens (tertiary/aromatic N) is 1. The summed E-state index contributed by atoms with van der Waals surface area (Å²) in [6.07, 6.45) is 8.74. The van der Waals surface area contributed by atoms with E-state index in [-0.39, 0.29) is 16.6 Å². The first kappa shape index (κ1) is 31.3. The Morgan fingerprint density at radius 1 is 0.943 bits per heavy atom. The van der Waals surface area contributed by atoms with Gasteiger partial charge in [0.25, 0.3) is 0 Å². The zero-order valence-corrected chi connectivity index (χ0v) is 22.4. The number of hydrogen-bond acceptors (Lipinski definition) is 4. The van der Waals surface area contributed by atoms with Crippen molar-refractivity contribution >= 4 is 5.78 Å². The van der Waals surface area contributed by atoms with Crippen LogP contribution in [0.2, 0.25) is 0 Å². The molecule has 35 heavy (non-hydrogen) atoms. The first-order valence-corrected chi connectivity index (χ1v) is 11.6. The van der Waals surface area contributed by atoms with Gasteiger partial charge in [-0.25, -0.2) is 0 Å². The Bertz CT molecular complexity index is 1140. The minimum atomic E-state index is -0.317. The topological polar surface area (TPSA) is 64.1 Å². The highest BCUT2D eigenvalue weighted by molar-refractivity contribution is 5.95. The lowest BCUT2D eigenvalue weighted by atomic mass is 10.0. The lowest BCUT2D eigenvalue weighted by molar-refractivity contribution is -0.113. The number of aryl methyl sites for hydroxylation is 2. The summed E-state index contributed by atoms with van der Waals surface area (Å²) in [7, 11) is 0. The molecule has 0 unspecified atom stereocenters. The number of allylic oxidation sites excluding steroid dienone is 5. The van der Waals surface area contributed by atoms with Crippen LogP contribution in [0.15, 0.2) is 94.7 Å². The van der Waals surface area contributed by atoms with Crippen LogP contribution in [0.1, 0.15) is 61.6 Å². The van der Waals surface area contributed by atoms with Crippen LogP contribution in [0.25, 0.3) is 0 Å². The third kappa shape index (κ3) is 12.4. The van der Waals surface area contributed by atoms with Crippen LogP contribution in [0.3, 0.4) is 0 Å². The molecule has 0 spiro atoms. The first-order chi connectivity index (χ1) is 16.5. The molecule has 0 N–H and O–H groups in total. The van der Waals surface area contributed by atoms with Crippen LogP contribution in [-0.4, -0.2) is 10.8 Å². The quantitative estimate of drug-likeness (QED) is 0.241. The molecule has 0 aliphatic rings. The van der Waals surface area contributed by atoms with Crippen LogP contribution in [0.4, 0.5) is 0 Å². The molecule has 3 aromatic rings. The second-order valence-corrected chi connectivity index (χ2v) is 8.34. The Morgan fingerprint density at radius 3 is 1.77 bits per heavy atom. The molecule has 4 heteroatoms. The molecule has 0 fully saturated rings. The summed E-state index contributed by atoms with van der Waals surface area (Å²) in [6.45, 7) is 18.7. The van der Waals surface area contributed by atoms with Gasteiger partial charge in [-0.3, -0.25) is 19.4 Å². The molecule has 3 rings (SSSR count). The summed E-state index contributed by atoms with van der Waals surface area (Å²) < 4.78 is 0. The molecule has 1 heterocycles. The summed E-state index contributed by atoms with van der Waals surface area (Å²) in [5, 5.41) is 0. The van der Waals surface area contributed by atoms with Crippen molar-refractivity contribution in [2.45, 2.75) is 61.3 Å². The molecule has 0 radical (unpaired) electrons. The molecular weight excluding hydrogens is 434 g/mol. The number of rotatable bonds is 4. The van der Waals surface area contributed by atoms with E-state index in [4.69, 9.17) is 0 Å². The number of carbonyl (C=O) groups excluding carboxylic acids is 1. The number of benzene rings is 1. The van der Waals surface area contributed by atoms with Gasteiger partial charge in [0.15, 0.2) is 5.78 Å². The smallest absolute Gasteiger partial charge is 0.229 e. The predicted molar refractivity (Wildman–Crippen MR) is 149 cm³/mol. The van der Waals surface area contributed by atoms with Gasteiger partial charge in [-0.05, 0) is 70.7 Å². The number of aromatic nitrogens is 1. The molecule has 4 nitrogen and oxygen atoms in total. The lowest BCUT2D eigenvalue weighted by Gasteiger charge is -2.01. The molecule has 0 aliphatic carbocycles. The highest BCUT2D eigenvalue weighted by Gasteiger charge is 2.10. The fraction of sp³-hybridized carbons (Fsp3) is 0.290. The molecule has 2 aromatic carbocycles. The average molecular weight is 474 g/mol. The maximum atomic E-state index is 10.7. The Morgan fingerprint density at radius 2 is 1.49 bits per heavy atom. The van der Waals surface area contributed by atoms with E-state index in [9.17, 15) is 14.4 Å². The Labute approximate surface area is 210 Å². The van der Waals surface area contributed by atoms with Gasteiger partial charge in [0.05, 0.1) is 0 Å². The van der Waals surface area contributed by atoms with Crippen LogP contribution in [0.5, 0.6) is 0 Å². The SMILES string of the molecule is C=C/C=C\C(=C/C)C(C)=O.CC(C)c1ccccc1.Cc1c(C)c(=O)c1=O.Cc1ccnc(C)c1. The van der Waals surface area contributed by atoms with Gasteiger partial charge in [-0.15, -0.1) is 0 Å². The number of Topliss-reactive ketones (excluding diaryl/α,β-unsaturated/α-hetero) is 1. The van der Waals surface area contributed by atoms with Crippen LogP contribution in [-0.2, 0) is 4.79 Å². The van der Waals surface area contributed by atoms with E-state index in [0.717, 1.165) is 11.3 Å². The van der Waals surface area contributed by atoms with Crippen molar-refractivity contribution in [2.24, 2.45) is 0 Å². The predicted octanol–water partition coefficient (Wildman–Crippen LogP) is 6.67. The number of pyridine rings is 1. The van der Waals surface area contributed by atoms with Crippen molar-refractivity contribution in [1.82, 2.24) is 4.98 Å². The van der Waals surface area contributed by atoms with E-state index >= 15 is 0 Å². The molecule has 0 bridgehead atoms. The van der Waals surface area contributed by atoms with Gasteiger partial charge in [0, 0.05) is 28.6 Å². The third-order valence-corrected chi connectivity index (χ3v) is 5.10. The van der Waals surface area contributed by atoms with Crippen LogP contribution < -0.4 is 10.9 Å². The van der Waals surface area contributed by atoms with Crippen molar-refractivity contribution in [3.05, 3.63) is 134 Å². The molecule has 0 amide bonds. The number of ketones is 1. The van der Waals surface area contributed by atoms with Crippen molar-refractivity contribution in [2.75, 3.05) is 0 Å². The maximum absolute atomic E-state index is 10.7. The first-order valence-electron chi connectivity index (χ1n) is 11.6. The normalized spacial score (nSPS) is 10.5. The minimum Gasteiger partial charge on any atom is -0.295 e. The van der Waals surface area contributed by atoms with Crippen molar-refractivity contribution in [3.8, 4) is 0 Å². The fourth-order valence-electron chi connectivity index (χ4n) is 2.73. The Hall–Kier alpha value is -3.66. The minimum absolute atomic E-state index is 0.0839. The van der Waals surface area contributed by atoms with Gasteiger partial charge in [-0.1, -0.05) is 75.1 Å². The van der Waals surface area contributed by atoms with Gasteiger partial charge in [0.2, 0.25) is 10.9 Å². The lowest BCUT2D eigenvalue weighted by Crippen LogP contribution is -2.36. The molecule has 0 saturated heterocycles. The summed E-state index contributed by atoms with van der Waals surface area (Å²) in [5.74, 6) is 0.742. The molecule has 0 atom stereocenters. The molecule has 0 aliphatic heterocycles. The van der Waals surface area contributed by atoms with Crippen molar-refractivity contribution in [3.63, 3.8) is 0 Å². The van der Waals surface area contributed by atoms with E-state index in [1.165, 1.54) is 11.1 Å². The Balaban J connectivity index is 0.000000442. The van der Waals surface area contributed by atoms with Crippen LogP contribution >= 0.6 is 0 Å². The Kier molecular flexibility index (Phi) is 15.1. The summed E-state index contributed by atoms with van der Waals surface area (Å²) >= 11 is 0. The van der Waals surface area contributed by atoms with E-state index in [0.29, 0.717) is 17.0 Å². The maximum Gasteiger partial charge on any atom is 0.229 e. The van der Waals surface area contributed by atoms with Crippen molar-refractivity contribution < 1.29 is 4.79 Å². The highest BCUT2D eigenvalue weighted by Crippen LogP contribution is 2.11. The highest BCUT2D eigenvalue weighted by atomic mass is 16.2. The number of carbonyl (C=O) groups is 1. The third-order valence-electron chi connectivity index (χ3n) is 5.10. The molecular formula is C31H39NO3. The van der Waals surface area contributed by atoms with E-state index < -0.39 is 0 Å². The second kappa shape index (κ2) is 16.9. The molecule has 186 valence electrons. The summed E-state index contributed by atoms with van der Waals surface area (Å²) in [5.41, 5.74) is 5.11. The second-order valence-electron chi connectivity index (χ2n) is 8.34. The average Bonchev–Trinajstić information content (AvgIpc) is 2.84. The van der Waals surface area contributed by atoms with Gasteiger partial charge in [-0.2, -0.15) is 0 Å². The van der Waals surface area contributed by atoms with Crippen molar-refractivity contribution in [1.29, 1.82) is 0 Å². The van der Waals surface area contributed by atoms with Gasteiger partial charge in [0.1, 0.15) is 0 Å². The van der Waals surface area contributed by atoms with E-state index in [2.05, 4.69) is 62.7 Å². The zero-order valence-electron chi connectivity index (χ0n) is 22.4. The molecule has 1 aromatic heterocycles. The standard InChI is InChI=1S/C9H12O.C9H12.C7H9N.C6H6O2/c1-4-6-7-9(5-2)8(3)10;1-8(2)9-6-4-3-5-7-9;1-6-3-4-8-7(2)5-6;1-3-4(2)6(8)5(3)7/h4-7H,1H2,2-3H3;3-8H,1-2H3;3-5H,1-2H3;1-2H3/b7-6-,9-5+;;;. The summed E-state index contributed by atoms with van der Waals surface area (Å²) in [6, 6.07) is 14.6. The fourth-order valence-corrected chi connectivity index (χ4v) is 2.73. The van der Waals surface area contributed by atoms with Gasteiger partial charge < -0.3 is 0 Å². The summed E-state index contributed by atoms with van der Waals surface area (Å²) in [4.78, 5) is 35.5. The van der Waals surface area contributed by atoms with Gasteiger partial charge >= 0.3 is 0 Å². The van der Waals surface area contributed by atoms with E-state index in [1.807, 2.05) is 32.2 Å².